The van der Waals surface area contributed by atoms with Crippen molar-refractivity contribution in [2.45, 2.75) is 6.92 Å². The van der Waals surface area contributed by atoms with Gasteiger partial charge >= 0.3 is 0 Å². The third kappa shape index (κ3) is 2.75. The van der Waals surface area contributed by atoms with Crippen molar-refractivity contribution in [3.8, 4) is 0 Å². The maximum absolute atomic E-state index is 5.23. The van der Waals surface area contributed by atoms with Gasteiger partial charge in [-0.15, -0.1) is 11.3 Å². The maximum atomic E-state index is 5.23. The predicted molar refractivity (Wildman–Crippen MR) is 78.2 cm³/mol. The van der Waals surface area contributed by atoms with Gasteiger partial charge in [0.2, 0.25) is 4.80 Å². The Morgan fingerprint density at radius 1 is 1.35 bits per heavy atom. The van der Waals surface area contributed by atoms with Crippen LogP contribution in [0.3, 0.4) is 0 Å². The molecule has 3 aromatic heterocycles. The molecule has 0 atom stereocenters. The van der Waals surface area contributed by atoms with Crippen LogP contribution < -0.4 is 4.80 Å². The monoisotopic (exact) mass is 284 g/mol. The van der Waals surface area contributed by atoms with E-state index in [9.17, 15) is 0 Å². The van der Waals surface area contributed by atoms with Crippen LogP contribution in [0.2, 0.25) is 0 Å². The third-order valence-corrected chi connectivity index (χ3v) is 3.50. The molecule has 20 heavy (non-hydrogen) atoms. The standard InChI is InChI=1S/C14H12N4OS/c1-11-10-20-14(17-12-4-2-6-15-8-12)18(11)16-9-13-5-3-7-19-13/h2-10H,1H3. The van der Waals surface area contributed by atoms with E-state index in [2.05, 4.69) is 15.1 Å². The summed E-state index contributed by atoms with van der Waals surface area (Å²) in [6.07, 6.45) is 6.73. The molecule has 0 saturated heterocycles. The Labute approximate surface area is 119 Å². The van der Waals surface area contributed by atoms with Crippen molar-refractivity contribution in [3.05, 3.63) is 64.6 Å². The quantitative estimate of drug-likeness (QED) is 0.694. The van der Waals surface area contributed by atoms with Crippen molar-refractivity contribution in [3.63, 3.8) is 0 Å². The van der Waals surface area contributed by atoms with Gasteiger partial charge in [0.25, 0.3) is 0 Å². The van der Waals surface area contributed by atoms with Crippen LogP contribution in [0.5, 0.6) is 0 Å². The Kier molecular flexibility index (Phi) is 3.56. The Bertz CT molecular complexity index is 769. The largest absolute Gasteiger partial charge is 0.463 e. The summed E-state index contributed by atoms with van der Waals surface area (Å²) in [7, 11) is 0. The average molecular weight is 284 g/mol. The molecule has 0 spiro atoms. The molecule has 0 unspecified atom stereocenters. The number of hydrogen-bond donors (Lipinski definition) is 0. The highest BCUT2D eigenvalue weighted by molar-refractivity contribution is 7.07. The minimum absolute atomic E-state index is 0.704. The van der Waals surface area contributed by atoms with E-state index in [4.69, 9.17) is 4.42 Å². The Morgan fingerprint density at radius 2 is 2.30 bits per heavy atom. The van der Waals surface area contributed by atoms with Gasteiger partial charge < -0.3 is 4.42 Å². The average Bonchev–Trinajstić information content (AvgIpc) is 3.09. The van der Waals surface area contributed by atoms with Crippen LogP contribution in [0.4, 0.5) is 5.69 Å². The molecule has 0 N–H and O–H groups in total. The molecule has 0 bridgehead atoms. The molecule has 0 amide bonds. The number of pyridine rings is 1. The molecule has 0 saturated carbocycles. The van der Waals surface area contributed by atoms with Crippen LogP contribution in [0.25, 0.3) is 0 Å². The van der Waals surface area contributed by atoms with Gasteiger partial charge in [-0.2, -0.15) is 5.10 Å². The van der Waals surface area contributed by atoms with Gasteiger partial charge in [-0.1, -0.05) is 0 Å². The van der Waals surface area contributed by atoms with E-state index < -0.39 is 0 Å². The molecule has 3 rings (SSSR count). The summed E-state index contributed by atoms with van der Waals surface area (Å²) in [4.78, 5) is 9.38. The van der Waals surface area contributed by atoms with Crippen LogP contribution in [-0.2, 0) is 0 Å². The van der Waals surface area contributed by atoms with Crippen molar-refractivity contribution < 1.29 is 4.42 Å². The number of hydrogen-bond acceptors (Lipinski definition) is 5. The molecule has 0 aliphatic rings. The summed E-state index contributed by atoms with van der Waals surface area (Å²) in [5.41, 5.74) is 1.82. The molecular formula is C14H12N4OS. The number of thiazole rings is 1. The van der Waals surface area contributed by atoms with Gasteiger partial charge in [0.05, 0.1) is 30.1 Å². The first-order valence-electron chi connectivity index (χ1n) is 6.03. The van der Waals surface area contributed by atoms with E-state index in [1.807, 2.05) is 36.6 Å². The summed E-state index contributed by atoms with van der Waals surface area (Å²) in [5, 5.41) is 6.41. The van der Waals surface area contributed by atoms with Gasteiger partial charge in [-0.05, 0) is 31.2 Å². The fourth-order valence-electron chi connectivity index (χ4n) is 1.61. The fourth-order valence-corrected chi connectivity index (χ4v) is 2.44. The second-order valence-electron chi connectivity index (χ2n) is 4.05. The molecular weight excluding hydrogens is 272 g/mol. The lowest BCUT2D eigenvalue weighted by Crippen LogP contribution is -2.11. The number of rotatable bonds is 3. The lowest BCUT2D eigenvalue weighted by Gasteiger charge is -1.96. The Balaban J connectivity index is 2.00. The lowest BCUT2D eigenvalue weighted by atomic mass is 10.4. The molecule has 0 radical (unpaired) electrons. The zero-order valence-electron chi connectivity index (χ0n) is 10.8. The molecule has 0 fully saturated rings. The van der Waals surface area contributed by atoms with Crippen LogP contribution in [0, 0.1) is 6.92 Å². The van der Waals surface area contributed by atoms with E-state index in [-0.39, 0.29) is 0 Å². The second-order valence-corrected chi connectivity index (χ2v) is 4.89. The molecule has 0 aliphatic carbocycles. The number of nitrogens with zero attached hydrogens (tertiary/aromatic N) is 4. The molecule has 3 aromatic rings. The highest BCUT2D eigenvalue weighted by Gasteiger charge is 2.00. The fraction of sp³-hybridized carbons (Fsp3) is 0.0714. The predicted octanol–water partition coefficient (Wildman–Crippen LogP) is 2.96. The summed E-state index contributed by atoms with van der Waals surface area (Å²) in [6.45, 7) is 1.98. The highest BCUT2D eigenvalue weighted by Crippen LogP contribution is 2.08. The van der Waals surface area contributed by atoms with Crippen molar-refractivity contribution >= 4 is 23.2 Å². The van der Waals surface area contributed by atoms with Crippen molar-refractivity contribution in [2.24, 2.45) is 10.1 Å². The van der Waals surface area contributed by atoms with E-state index in [1.54, 1.807) is 29.5 Å². The van der Waals surface area contributed by atoms with E-state index >= 15 is 0 Å². The first-order chi connectivity index (χ1) is 9.83. The minimum Gasteiger partial charge on any atom is -0.463 e. The first-order valence-corrected chi connectivity index (χ1v) is 6.91. The normalized spacial score (nSPS) is 12.3. The molecule has 0 aliphatic heterocycles. The van der Waals surface area contributed by atoms with Crippen LogP contribution >= 0.6 is 11.3 Å². The molecule has 0 aromatic carbocycles. The summed E-state index contributed by atoms with van der Waals surface area (Å²) >= 11 is 1.53. The molecule has 5 nitrogen and oxygen atoms in total. The number of furan rings is 1. The van der Waals surface area contributed by atoms with Crippen molar-refractivity contribution in [1.82, 2.24) is 9.66 Å². The smallest absolute Gasteiger partial charge is 0.211 e. The van der Waals surface area contributed by atoms with E-state index in [0.717, 1.165) is 16.2 Å². The topological polar surface area (TPSA) is 55.7 Å². The first kappa shape index (κ1) is 12.6. The third-order valence-electron chi connectivity index (χ3n) is 2.56. The van der Waals surface area contributed by atoms with Gasteiger partial charge in [-0.3, -0.25) is 4.98 Å². The SMILES string of the molecule is Cc1csc(=Nc2cccnc2)n1N=Cc1ccco1. The highest BCUT2D eigenvalue weighted by atomic mass is 32.1. The van der Waals surface area contributed by atoms with Crippen molar-refractivity contribution in [1.29, 1.82) is 0 Å². The maximum Gasteiger partial charge on any atom is 0.211 e. The Morgan fingerprint density at radius 3 is 3.05 bits per heavy atom. The van der Waals surface area contributed by atoms with Crippen LogP contribution in [0.1, 0.15) is 11.5 Å². The van der Waals surface area contributed by atoms with E-state index in [0.29, 0.717) is 5.76 Å². The second kappa shape index (κ2) is 5.66. The summed E-state index contributed by atoms with van der Waals surface area (Å²) in [5.74, 6) is 0.704. The van der Waals surface area contributed by atoms with Crippen LogP contribution in [-0.4, -0.2) is 15.9 Å². The van der Waals surface area contributed by atoms with Gasteiger partial charge in [0.15, 0.2) is 0 Å². The zero-order valence-corrected chi connectivity index (χ0v) is 11.6. The van der Waals surface area contributed by atoms with E-state index in [1.165, 1.54) is 11.3 Å². The number of aromatic nitrogens is 2. The van der Waals surface area contributed by atoms with Crippen molar-refractivity contribution in [2.75, 3.05) is 0 Å². The van der Waals surface area contributed by atoms with Gasteiger partial charge in [-0.25, -0.2) is 9.67 Å². The molecule has 3 heterocycles. The van der Waals surface area contributed by atoms with Crippen LogP contribution in [0.15, 0.2) is 62.8 Å². The number of aryl methyl sites for hydroxylation is 1. The molecule has 100 valence electrons. The van der Waals surface area contributed by atoms with Gasteiger partial charge in [0.1, 0.15) is 5.76 Å². The van der Waals surface area contributed by atoms with Gasteiger partial charge in [0, 0.05) is 11.6 Å². The molecule has 6 heteroatoms. The minimum atomic E-state index is 0.704. The summed E-state index contributed by atoms with van der Waals surface area (Å²) in [6, 6.07) is 7.44. The Hall–Kier alpha value is -2.47. The summed E-state index contributed by atoms with van der Waals surface area (Å²) < 4.78 is 7.01. The zero-order chi connectivity index (χ0) is 13.8. The lowest BCUT2D eigenvalue weighted by molar-refractivity contribution is 0.559.